The van der Waals surface area contributed by atoms with Gasteiger partial charge >= 0.3 is 0 Å². The molecule has 0 aliphatic carbocycles. The van der Waals surface area contributed by atoms with Crippen LogP contribution in [0.25, 0.3) is 16.2 Å². The standard InChI is InChI=1S/C20H17ClN4O3S/c1-27-14-4-5-17(28-2)15(8-14)16-10-25-13(11-29-20(25)23-16)7-19(26)24-18-6-3-12(21)9-22-18/h3-6,8-11H,7H2,1-2H3,(H,22,24,26). The fourth-order valence-electron chi connectivity index (χ4n) is 2.90. The number of hydrogen-bond acceptors (Lipinski definition) is 6. The second kappa shape index (κ2) is 8.10. The van der Waals surface area contributed by atoms with E-state index in [0.717, 1.165) is 21.9 Å². The molecule has 7 nitrogen and oxygen atoms in total. The van der Waals surface area contributed by atoms with E-state index in [2.05, 4.69) is 15.3 Å². The summed E-state index contributed by atoms with van der Waals surface area (Å²) >= 11 is 7.29. The van der Waals surface area contributed by atoms with Gasteiger partial charge in [0.1, 0.15) is 17.3 Å². The van der Waals surface area contributed by atoms with Crippen LogP contribution in [-0.2, 0) is 11.2 Å². The van der Waals surface area contributed by atoms with E-state index in [1.165, 1.54) is 17.5 Å². The van der Waals surface area contributed by atoms with E-state index in [4.69, 9.17) is 21.1 Å². The van der Waals surface area contributed by atoms with Crippen LogP contribution in [0, 0.1) is 0 Å². The number of carbonyl (C=O) groups is 1. The Morgan fingerprint density at radius 3 is 2.83 bits per heavy atom. The monoisotopic (exact) mass is 428 g/mol. The van der Waals surface area contributed by atoms with Gasteiger partial charge in [-0.15, -0.1) is 11.3 Å². The molecule has 0 aliphatic rings. The molecule has 4 rings (SSSR count). The van der Waals surface area contributed by atoms with Gasteiger partial charge in [0.15, 0.2) is 4.96 Å². The first-order chi connectivity index (χ1) is 14.1. The average molecular weight is 429 g/mol. The quantitative estimate of drug-likeness (QED) is 0.495. The number of nitrogens with zero attached hydrogens (tertiary/aromatic N) is 3. The fraction of sp³-hybridized carbons (Fsp3) is 0.150. The molecule has 4 aromatic rings. The molecule has 0 saturated heterocycles. The Bertz CT molecular complexity index is 1170. The second-order valence-electron chi connectivity index (χ2n) is 6.16. The van der Waals surface area contributed by atoms with Crippen LogP contribution in [0.2, 0.25) is 5.02 Å². The Morgan fingerprint density at radius 2 is 2.10 bits per heavy atom. The van der Waals surface area contributed by atoms with E-state index in [1.54, 1.807) is 26.4 Å². The molecule has 0 bridgehead atoms. The number of anilines is 1. The lowest BCUT2D eigenvalue weighted by Gasteiger charge is -2.08. The first-order valence-electron chi connectivity index (χ1n) is 8.66. The van der Waals surface area contributed by atoms with Crippen molar-refractivity contribution in [3.63, 3.8) is 0 Å². The van der Waals surface area contributed by atoms with Gasteiger partial charge in [-0.05, 0) is 30.3 Å². The molecule has 0 fully saturated rings. The summed E-state index contributed by atoms with van der Waals surface area (Å²) in [6.45, 7) is 0. The van der Waals surface area contributed by atoms with Crippen LogP contribution in [0.15, 0.2) is 48.1 Å². The molecular formula is C20H17ClN4O3S. The van der Waals surface area contributed by atoms with Gasteiger partial charge in [0.05, 0.1) is 31.4 Å². The van der Waals surface area contributed by atoms with Crippen LogP contribution in [0.4, 0.5) is 5.82 Å². The van der Waals surface area contributed by atoms with Crippen molar-refractivity contribution in [1.29, 1.82) is 0 Å². The van der Waals surface area contributed by atoms with Crippen LogP contribution in [0.3, 0.4) is 0 Å². The first kappa shape index (κ1) is 19.2. The minimum atomic E-state index is -0.172. The van der Waals surface area contributed by atoms with Crippen molar-refractivity contribution in [3.8, 4) is 22.8 Å². The average Bonchev–Trinajstić information content (AvgIpc) is 3.31. The van der Waals surface area contributed by atoms with E-state index < -0.39 is 0 Å². The van der Waals surface area contributed by atoms with Gasteiger partial charge in [-0.1, -0.05) is 11.6 Å². The third kappa shape index (κ3) is 4.03. The van der Waals surface area contributed by atoms with Crippen LogP contribution < -0.4 is 14.8 Å². The molecule has 1 amide bonds. The zero-order valence-electron chi connectivity index (χ0n) is 15.7. The van der Waals surface area contributed by atoms with E-state index in [0.29, 0.717) is 22.3 Å². The molecule has 0 saturated carbocycles. The van der Waals surface area contributed by atoms with Crippen molar-refractivity contribution in [2.45, 2.75) is 6.42 Å². The number of nitrogens with one attached hydrogen (secondary N) is 1. The minimum absolute atomic E-state index is 0.172. The van der Waals surface area contributed by atoms with Gasteiger partial charge in [-0.3, -0.25) is 9.20 Å². The normalized spacial score (nSPS) is 10.9. The van der Waals surface area contributed by atoms with E-state index in [-0.39, 0.29) is 12.3 Å². The molecule has 0 aliphatic heterocycles. The topological polar surface area (TPSA) is 77.8 Å². The molecule has 29 heavy (non-hydrogen) atoms. The van der Waals surface area contributed by atoms with Crippen molar-refractivity contribution >= 4 is 39.6 Å². The third-order valence-corrected chi connectivity index (χ3v) is 5.41. The number of halogens is 1. The highest BCUT2D eigenvalue weighted by molar-refractivity contribution is 7.15. The number of methoxy groups -OCH3 is 2. The maximum atomic E-state index is 12.4. The molecule has 1 aromatic carbocycles. The Hall–Kier alpha value is -3.10. The SMILES string of the molecule is COc1ccc(OC)c(-c2cn3c(CC(=O)Nc4ccc(Cl)cn4)csc3n2)c1. The molecule has 0 spiro atoms. The van der Waals surface area contributed by atoms with Gasteiger partial charge < -0.3 is 14.8 Å². The predicted octanol–water partition coefficient (Wildman–Crippen LogP) is 4.31. The highest BCUT2D eigenvalue weighted by Crippen LogP contribution is 2.34. The third-order valence-electron chi connectivity index (χ3n) is 4.30. The zero-order valence-corrected chi connectivity index (χ0v) is 17.3. The number of thiazole rings is 1. The maximum Gasteiger partial charge on any atom is 0.231 e. The number of pyridine rings is 1. The summed E-state index contributed by atoms with van der Waals surface area (Å²) in [4.78, 5) is 22.0. The molecule has 3 aromatic heterocycles. The van der Waals surface area contributed by atoms with Crippen molar-refractivity contribution in [2.24, 2.45) is 0 Å². The highest BCUT2D eigenvalue weighted by Gasteiger charge is 2.16. The largest absolute Gasteiger partial charge is 0.497 e. The first-order valence-corrected chi connectivity index (χ1v) is 9.92. The number of rotatable bonds is 6. The van der Waals surface area contributed by atoms with Gasteiger partial charge in [0.25, 0.3) is 0 Å². The number of amides is 1. The number of aromatic nitrogens is 3. The lowest BCUT2D eigenvalue weighted by Crippen LogP contribution is -2.16. The Kier molecular flexibility index (Phi) is 5.37. The number of ether oxygens (including phenoxy) is 2. The molecule has 3 heterocycles. The summed E-state index contributed by atoms with van der Waals surface area (Å²) in [5, 5.41) is 5.21. The molecule has 0 radical (unpaired) electrons. The summed E-state index contributed by atoms with van der Waals surface area (Å²) < 4.78 is 12.7. The van der Waals surface area contributed by atoms with E-state index >= 15 is 0 Å². The van der Waals surface area contributed by atoms with Gasteiger partial charge in [-0.25, -0.2) is 9.97 Å². The summed E-state index contributed by atoms with van der Waals surface area (Å²) in [7, 11) is 3.23. The Balaban J connectivity index is 1.59. The van der Waals surface area contributed by atoms with E-state index in [9.17, 15) is 4.79 Å². The molecule has 0 unspecified atom stereocenters. The van der Waals surface area contributed by atoms with Crippen molar-refractivity contribution in [3.05, 3.63) is 58.8 Å². The van der Waals surface area contributed by atoms with Crippen LogP contribution in [0.1, 0.15) is 5.69 Å². The molecule has 1 N–H and O–H groups in total. The zero-order chi connectivity index (χ0) is 20.4. The lowest BCUT2D eigenvalue weighted by molar-refractivity contribution is -0.115. The summed E-state index contributed by atoms with van der Waals surface area (Å²) in [5.74, 6) is 1.70. The number of carbonyl (C=O) groups excluding carboxylic acids is 1. The lowest BCUT2D eigenvalue weighted by atomic mass is 10.1. The van der Waals surface area contributed by atoms with Crippen LogP contribution >= 0.6 is 22.9 Å². The highest BCUT2D eigenvalue weighted by atomic mass is 35.5. The smallest absolute Gasteiger partial charge is 0.231 e. The van der Waals surface area contributed by atoms with Crippen LogP contribution in [-0.4, -0.2) is 34.5 Å². The maximum absolute atomic E-state index is 12.4. The van der Waals surface area contributed by atoms with Crippen LogP contribution in [0.5, 0.6) is 11.5 Å². The van der Waals surface area contributed by atoms with Crippen molar-refractivity contribution in [1.82, 2.24) is 14.4 Å². The number of hydrogen-bond donors (Lipinski definition) is 1. The summed E-state index contributed by atoms with van der Waals surface area (Å²) in [6, 6.07) is 8.89. The van der Waals surface area contributed by atoms with Crippen molar-refractivity contribution in [2.75, 3.05) is 19.5 Å². The van der Waals surface area contributed by atoms with Gasteiger partial charge in [-0.2, -0.15) is 0 Å². The number of benzene rings is 1. The Labute approximate surface area is 175 Å². The van der Waals surface area contributed by atoms with E-state index in [1.807, 2.05) is 34.2 Å². The molecule has 148 valence electrons. The fourth-order valence-corrected chi connectivity index (χ4v) is 3.89. The summed E-state index contributed by atoms with van der Waals surface area (Å²) in [5.41, 5.74) is 2.40. The Morgan fingerprint density at radius 1 is 1.24 bits per heavy atom. The van der Waals surface area contributed by atoms with Crippen molar-refractivity contribution < 1.29 is 14.3 Å². The minimum Gasteiger partial charge on any atom is -0.497 e. The molecular weight excluding hydrogens is 412 g/mol. The predicted molar refractivity (Wildman–Crippen MR) is 113 cm³/mol. The summed E-state index contributed by atoms with van der Waals surface area (Å²) in [6.07, 6.45) is 3.57. The molecule has 9 heteroatoms. The number of fused-ring (bicyclic) bond motifs is 1. The molecule has 0 atom stereocenters. The van der Waals surface area contributed by atoms with Gasteiger partial charge in [0.2, 0.25) is 5.91 Å². The van der Waals surface area contributed by atoms with Gasteiger partial charge in [0, 0.05) is 29.0 Å². The number of imidazole rings is 1. The second-order valence-corrected chi connectivity index (χ2v) is 7.43.